The zero-order valence-corrected chi connectivity index (χ0v) is 13.6. The van der Waals surface area contributed by atoms with Crippen LogP contribution in [0.1, 0.15) is 54.1 Å². The van der Waals surface area contributed by atoms with Crippen molar-refractivity contribution in [2.75, 3.05) is 6.54 Å². The van der Waals surface area contributed by atoms with E-state index in [2.05, 4.69) is 5.32 Å². The van der Waals surface area contributed by atoms with Crippen LogP contribution in [-0.2, 0) is 9.53 Å². The summed E-state index contributed by atoms with van der Waals surface area (Å²) in [5.41, 5.74) is 2.77. The lowest BCUT2D eigenvalue weighted by Gasteiger charge is -2.28. The highest BCUT2D eigenvalue weighted by Gasteiger charge is 2.24. The van der Waals surface area contributed by atoms with Gasteiger partial charge in [-0.15, -0.1) is 0 Å². The Labute approximate surface area is 132 Å². The second-order valence-corrected chi connectivity index (χ2v) is 6.30. The summed E-state index contributed by atoms with van der Waals surface area (Å²) in [6.45, 7) is 6.22. The fourth-order valence-electron chi connectivity index (χ4n) is 3.00. The number of amides is 1. The number of aryl methyl sites for hydroxylation is 2. The minimum Gasteiger partial charge on any atom is -0.459 e. The zero-order valence-electron chi connectivity index (χ0n) is 13.6. The van der Waals surface area contributed by atoms with Crippen molar-refractivity contribution in [3.05, 3.63) is 34.9 Å². The molecule has 120 valence electrons. The van der Waals surface area contributed by atoms with Gasteiger partial charge in [0.2, 0.25) is 5.91 Å². The van der Waals surface area contributed by atoms with Crippen LogP contribution in [0.15, 0.2) is 18.2 Å². The van der Waals surface area contributed by atoms with Gasteiger partial charge in [-0.05, 0) is 57.1 Å². The highest BCUT2D eigenvalue weighted by molar-refractivity contribution is 5.91. The van der Waals surface area contributed by atoms with Gasteiger partial charge < -0.3 is 10.1 Å². The molecule has 0 heterocycles. The van der Waals surface area contributed by atoms with Gasteiger partial charge in [0, 0.05) is 13.5 Å². The van der Waals surface area contributed by atoms with Crippen LogP contribution in [0.25, 0.3) is 0 Å². The van der Waals surface area contributed by atoms with E-state index >= 15 is 0 Å². The predicted octanol–water partition coefficient (Wildman–Crippen LogP) is 3.16. The van der Waals surface area contributed by atoms with Crippen LogP contribution in [0.3, 0.4) is 0 Å². The first kappa shape index (κ1) is 16.5. The molecule has 1 saturated carbocycles. The molecule has 1 aromatic carbocycles. The van der Waals surface area contributed by atoms with Crippen molar-refractivity contribution in [1.29, 1.82) is 0 Å². The lowest BCUT2D eigenvalue weighted by molar-refractivity contribution is -0.119. The third-order valence-electron chi connectivity index (χ3n) is 4.31. The standard InChI is InChI=1S/C18H25NO3/c1-12-4-9-17(13(2)10-12)18(21)22-16-7-5-15(6-8-16)11-19-14(3)20/h4,9-10,15-16H,5-8,11H2,1-3H3,(H,19,20). The Balaban J connectivity index is 1.82. The van der Waals surface area contributed by atoms with E-state index in [4.69, 9.17) is 4.74 Å². The van der Waals surface area contributed by atoms with Gasteiger partial charge in [-0.3, -0.25) is 4.79 Å². The van der Waals surface area contributed by atoms with Crippen molar-refractivity contribution in [3.63, 3.8) is 0 Å². The Kier molecular flexibility index (Phi) is 5.58. The molecule has 1 aliphatic rings. The Morgan fingerprint density at radius 1 is 1.18 bits per heavy atom. The number of hydrogen-bond donors (Lipinski definition) is 1. The molecule has 2 rings (SSSR count). The van der Waals surface area contributed by atoms with Crippen molar-refractivity contribution in [2.24, 2.45) is 5.92 Å². The summed E-state index contributed by atoms with van der Waals surface area (Å²) < 4.78 is 5.65. The van der Waals surface area contributed by atoms with Gasteiger partial charge in [0.1, 0.15) is 6.10 Å². The molecule has 1 aliphatic carbocycles. The van der Waals surface area contributed by atoms with E-state index in [1.807, 2.05) is 32.0 Å². The quantitative estimate of drug-likeness (QED) is 0.869. The van der Waals surface area contributed by atoms with Crippen LogP contribution in [0.2, 0.25) is 0 Å². The molecule has 0 atom stereocenters. The SMILES string of the molecule is CC(=O)NCC1CCC(OC(=O)c2ccc(C)cc2C)CC1. The molecule has 0 radical (unpaired) electrons. The molecule has 0 aliphatic heterocycles. The zero-order chi connectivity index (χ0) is 16.1. The minimum absolute atomic E-state index is 0.00165. The van der Waals surface area contributed by atoms with Gasteiger partial charge in [-0.25, -0.2) is 4.79 Å². The smallest absolute Gasteiger partial charge is 0.338 e. The maximum absolute atomic E-state index is 12.3. The Hall–Kier alpha value is -1.84. The molecule has 22 heavy (non-hydrogen) atoms. The van der Waals surface area contributed by atoms with Gasteiger partial charge in [0.25, 0.3) is 0 Å². The first-order chi connectivity index (χ1) is 10.5. The molecule has 1 aromatic rings. The number of carbonyl (C=O) groups excluding carboxylic acids is 2. The summed E-state index contributed by atoms with van der Waals surface area (Å²) in [6, 6.07) is 5.78. The number of hydrogen-bond acceptors (Lipinski definition) is 3. The van der Waals surface area contributed by atoms with Crippen LogP contribution in [0.4, 0.5) is 0 Å². The first-order valence-corrected chi connectivity index (χ1v) is 7.98. The number of rotatable bonds is 4. The lowest BCUT2D eigenvalue weighted by atomic mass is 9.87. The summed E-state index contributed by atoms with van der Waals surface area (Å²) in [5.74, 6) is 0.297. The highest BCUT2D eigenvalue weighted by Crippen LogP contribution is 2.26. The van der Waals surface area contributed by atoms with Crippen molar-refractivity contribution < 1.29 is 14.3 Å². The van der Waals surface area contributed by atoms with E-state index < -0.39 is 0 Å². The maximum atomic E-state index is 12.3. The summed E-state index contributed by atoms with van der Waals surface area (Å²) in [6.07, 6.45) is 3.74. The van der Waals surface area contributed by atoms with Crippen molar-refractivity contribution >= 4 is 11.9 Å². The number of ether oxygens (including phenoxy) is 1. The third kappa shape index (κ3) is 4.58. The second-order valence-electron chi connectivity index (χ2n) is 6.30. The summed E-state index contributed by atoms with van der Waals surface area (Å²) in [7, 11) is 0. The van der Waals surface area contributed by atoms with Crippen LogP contribution < -0.4 is 5.32 Å². The fourth-order valence-corrected chi connectivity index (χ4v) is 3.00. The molecule has 1 N–H and O–H groups in total. The molecular weight excluding hydrogens is 278 g/mol. The normalized spacial score (nSPS) is 21.2. The molecule has 0 spiro atoms. The summed E-state index contributed by atoms with van der Waals surface area (Å²) in [4.78, 5) is 23.2. The van der Waals surface area contributed by atoms with Crippen molar-refractivity contribution in [1.82, 2.24) is 5.32 Å². The van der Waals surface area contributed by atoms with Gasteiger partial charge in [-0.1, -0.05) is 17.7 Å². The van der Waals surface area contributed by atoms with Crippen LogP contribution in [0, 0.1) is 19.8 Å². The molecular formula is C18H25NO3. The van der Waals surface area contributed by atoms with Gasteiger partial charge in [-0.2, -0.15) is 0 Å². The molecule has 4 nitrogen and oxygen atoms in total. The summed E-state index contributed by atoms with van der Waals surface area (Å²) >= 11 is 0. The molecule has 1 fully saturated rings. The average molecular weight is 303 g/mol. The predicted molar refractivity (Wildman–Crippen MR) is 85.8 cm³/mol. The Morgan fingerprint density at radius 3 is 2.45 bits per heavy atom. The van der Waals surface area contributed by atoms with Crippen molar-refractivity contribution in [2.45, 2.75) is 52.6 Å². The Morgan fingerprint density at radius 2 is 1.86 bits per heavy atom. The number of carbonyl (C=O) groups is 2. The number of nitrogens with one attached hydrogen (secondary N) is 1. The lowest BCUT2D eigenvalue weighted by Crippen LogP contribution is -2.32. The third-order valence-corrected chi connectivity index (χ3v) is 4.31. The number of esters is 1. The van der Waals surface area contributed by atoms with E-state index in [9.17, 15) is 9.59 Å². The van der Waals surface area contributed by atoms with E-state index in [0.717, 1.165) is 43.4 Å². The molecule has 1 amide bonds. The average Bonchev–Trinajstić information content (AvgIpc) is 2.46. The first-order valence-electron chi connectivity index (χ1n) is 7.98. The molecule has 0 saturated heterocycles. The highest BCUT2D eigenvalue weighted by atomic mass is 16.5. The Bertz CT molecular complexity index is 545. The number of benzene rings is 1. The topological polar surface area (TPSA) is 55.4 Å². The van der Waals surface area contributed by atoms with Crippen molar-refractivity contribution in [3.8, 4) is 0 Å². The van der Waals surface area contributed by atoms with Crippen LogP contribution >= 0.6 is 0 Å². The van der Waals surface area contributed by atoms with Gasteiger partial charge >= 0.3 is 5.97 Å². The maximum Gasteiger partial charge on any atom is 0.338 e. The largest absolute Gasteiger partial charge is 0.459 e. The van der Waals surface area contributed by atoms with E-state index in [0.29, 0.717) is 11.5 Å². The minimum atomic E-state index is -0.220. The van der Waals surface area contributed by atoms with E-state index in [1.165, 1.54) is 6.92 Å². The molecule has 0 bridgehead atoms. The molecule has 0 aromatic heterocycles. The second kappa shape index (κ2) is 7.43. The molecule has 0 unspecified atom stereocenters. The van der Waals surface area contributed by atoms with E-state index in [1.54, 1.807) is 0 Å². The van der Waals surface area contributed by atoms with Crippen LogP contribution in [-0.4, -0.2) is 24.5 Å². The summed E-state index contributed by atoms with van der Waals surface area (Å²) in [5, 5.41) is 2.86. The molecule has 4 heteroatoms. The monoisotopic (exact) mass is 303 g/mol. The fraction of sp³-hybridized carbons (Fsp3) is 0.556. The van der Waals surface area contributed by atoms with Gasteiger partial charge in [0.15, 0.2) is 0 Å². The van der Waals surface area contributed by atoms with Crippen LogP contribution in [0.5, 0.6) is 0 Å². The van der Waals surface area contributed by atoms with Gasteiger partial charge in [0.05, 0.1) is 5.56 Å². The van der Waals surface area contributed by atoms with E-state index in [-0.39, 0.29) is 18.0 Å².